The zero-order valence-corrected chi connectivity index (χ0v) is 18.3. The predicted molar refractivity (Wildman–Crippen MR) is 121 cm³/mol. The normalized spacial score (nSPS) is 12.1. The van der Waals surface area contributed by atoms with Gasteiger partial charge in [-0.2, -0.15) is 0 Å². The van der Waals surface area contributed by atoms with E-state index in [0.29, 0.717) is 37.5 Å². The first kappa shape index (κ1) is 23.7. The van der Waals surface area contributed by atoms with E-state index in [1.54, 1.807) is 23.1 Å². The number of nitro benzene ring substituents is 1. The number of nitro groups is 1. The summed E-state index contributed by atoms with van der Waals surface area (Å²) in [7, 11) is 1.52. The lowest BCUT2D eigenvalue weighted by molar-refractivity contribution is -0.384. The van der Waals surface area contributed by atoms with Crippen LogP contribution in [0.2, 0.25) is 0 Å². The second-order valence-electron chi connectivity index (χ2n) is 7.30. The Bertz CT molecular complexity index is 1090. The molecule has 2 N–H and O–H groups in total. The fraction of sp³-hybridized carbons (Fsp3) is 0.318. The number of benzene rings is 2. The summed E-state index contributed by atoms with van der Waals surface area (Å²) in [6.45, 7) is 2.24. The van der Waals surface area contributed by atoms with Crippen molar-refractivity contribution in [2.45, 2.75) is 13.3 Å². The summed E-state index contributed by atoms with van der Waals surface area (Å²) in [6, 6.07) is 8.96. The van der Waals surface area contributed by atoms with Crippen molar-refractivity contribution < 1.29 is 28.8 Å². The number of carbonyl (C=O) groups excluding carboxylic acids is 3. The number of fused-ring (bicyclic) bond motifs is 1. The zero-order chi connectivity index (χ0) is 24.0. The standard InChI is InChI=1S/C22H24N4O7/c1-14(27)25-9-7-15-11-16(3-6-20(15)25)24-21(28)13-33-22(29)18-12-17(26(30)31)4-5-19(18)23-8-10-32-2/h3-6,11-12,23H,7-10,13H2,1-2H3,(H,24,28). The van der Waals surface area contributed by atoms with E-state index in [-0.39, 0.29) is 17.2 Å². The summed E-state index contributed by atoms with van der Waals surface area (Å²) in [5.41, 5.74) is 2.25. The van der Waals surface area contributed by atoms with Gasteiger partial charge in [0, 0.05) is 56.3 Å². The fourth-order valence-electron chi connectivity index (χ4n) is 3.47. The van der Waals surface area contributed by atoms with E-state index < -0.39 is 23.4 Å². The van der Waals surface area contributed by atoms with Crippen molar-refractivity contribution in [2.75, 3.05) is 48.9 Å². The zero-order valence-electron chi connectivity index (χ0n) is 18.3. The number of methoxy groups -OCH3 is 1. The minimum absolute atomic E-state index is 0.0466. The number of carbonyl (C=O) groups is 3. The highest BCUT2D eigenvalue weighted by Gasteiger charge is 2.23. The molecule has 0 aliphatic carbocycles. The first-order valence-corrected chi connectivity index (χ1v) is 10.2. The van der Waals surface area contributed by atoms with Crippen LogP contribution >= 0.6 is 0 Å². The summed E-state index contributed by atoms with van der Waals surface area (Å²) in [6.07, 6.45) is 0.680. The summed E-state index contributed by atoms with van der Waals surface area (Å²) in [4.78, 5) is 48.6. The molecule has 1 heterocycles. The lowest BCUT2D eigenvalue weighted by atomic mass is 10.1. The average molecular weight is 456 g/mol. The molecule has 3 rings (SSSR count). The topological polar surface area (TPSA) is 140 Å². The van der Waals surface area contributed by atoms with Gasteiger partial charge in [0.25, 0.3) is 11.6 Å². The number of esters is 1. The molecule has 2 aromatic rings. The summed E-state index contributed by atoms with van der Waals surface area (Å²) >= 11 is 0. The van der Waals surface area contributed by atoms with Gasteiger partial charge in [-0.15, -0.1) is 0 Å². The Labute approximate surface area is 189 Å². The molecule has 0 bridgehead atoms. The van der Waals surface area contributed by atoms with E-state index in [1.807, 2.05) is 0 Å². The lowest BCUT2D eigenvalue weighted by Gasteiger charge is -2.15. The molecule has 0 spiro atoms. The van der Waals surface area contributed by atoms with E-state index >= 15 is 0 Å². The number of nitrogens with zero attached hydrogens (tertiary/aromatic N) is 2. The van der Waals surface area contributed by atoms with Crippen molar-refractivity contribution in [3.63, 3.8) is 0 Å². The van der Waals surface area contributed by atoms with Crippen molar-refractivity contribution in [3.05, 3.63) is 57.6 Å². The summed E-state index contributed by atoms with van der Waals surface area (Å²) < 4.78 is 10.0. The second-order valence-corrected chi connectivity index (χ2v) is 7.30. The van der Waals surface area contributed by atoms with Crippen LogP contribution in [0.3, 0.4) is 0 Å². The number of anilines is 3. The molecule has 1 aliphatic heterocycles. The van der Waals surface area contributed by atoms with Crippen LogP contribution in [-0.2, 0) is 25.5 Å². The molecular formula is C22H24N4O7. The van der Waals surface area contributed by atoms with E-state index in [9.17, 15) is 24.5 Å². The third-order valence-corrected chi connectivity index (χ3v) is 5.03. The van der Waals surface area contributed by atoms with Crippen LogP contribution < -0.4 is 15.5 Å². The smallest absolute Gasteiger partial charge is 0.341 e. The van der Waals surface area contributed by atoms with Gasteiger partial charge in [-0.1, -0.05) is 0 Å². The molecule has 0 saturated carbocycles. The first-order chi connectivity index (χ1) is 15.8. The van der Waals surface area contributed by atoms with Crippen LogP contribution in [0.1, 0.15) is 22.8 Å². The van der Waals surface area contributed by atoms with Crippen molar-refractivity contribution in [2.24, 2.45) is 0 Å². The highest BCUT2D eigenvalue weighted by Crippen LogP contribution is 2.30. The van der Waals surface area contributed by atoms with Crippen LogP contribution in [0.25, 0.3) is 0 Å². The van der Waals surface area contributed by atoms with Crippen molar-refractivity contribution in [1.29, 1.82) is 0 Å². The Morgan fingerprint density at radius 1 is 1.18 bits per heavy atom. The highest BCUT2D eigenvalue weighted by atomic mass is 16.6. The lowest BCUT2D eigenvalue weighted by Crippen LogP contribution is -2.25. The van der Waals surface area contributed by atoms with Crippen molar-refractivity contribution in [1.82, 2.24) is 0 Å². The van der Waals surface area contributed by atoms with Gasteiger partial charge < -0.3 is 25.0 Å². The number of nitrogens with one attached hydrogen (secondary N) is 2. The molecule has 0 atom stereocenters. The average Bonchev–Trinajstić information content (AvgIpc) is 3.21. The maximum absolute atomic E-state index is 12.5. The van der Waals surface area contributed by atoms with Crippen molar-refractivity contribution >= 4 is 40.5 Å². The Morgan fingerprint density at radius 3 is 2.67 bits per heavy atom. The number of rotatable bonds is 9. The molecule has 174 valence electrons. The maximum atomic E-state index is 12.5. The molecule has 0 unspecified atom stereocenters. The number of amides is 2. The number of ether oxygens (including phenoxy) is 2. The molecule has 0 fully saturated rings. The minimum Gasteiger partial charge on any atom is -0.452 e. The van der Waals surface area contributed by atoms with E-state index in [2.05, 4.69) is 10.6 Å². The third kappa shape index (κ3) is 5.83. The molecule has 0 saturated heterocycles. The van der Waals surface area contributed by atoms with Gasteiger partial charge in [0.05, 0.1) is 17.1 Å². The van der Waals surface area contributed by atoms with Gasteiger partial charge in [0.2, 0.25) is 5.91 Å². The summed E-state index contributed by atoms with van der Waals surface area (Å²) in [5.74, 6) is -1.49. The maximum Gasteiger partial charge on any atom is 0.341 e. The van der Waals surface area contributed by atoms with Gasteiger partial charge in [0.1, 0.15) is 0 Å². The van der Waals surface area contributed by atoms with Crippen molar-refractivity contribution in [3.8, 4) is 0 Å². The Morgan fingerprint density at radius 2 is 1.97 bits per heavy atom. The van der Waals surface area contributed by atoms with Gasteiger partial charge in [-0.05, 0) is 36.2 Å². The molecular weight excluding hydrogens is 432 g/mol. The van der Waals surface area contributed by atoms with Gasteiger partial charge in [0.15, 0.2) is 6.61 Å². The molecule has 1 aliphatic rings. The highest BCUT2D eigenvalue weighted by molar-refractivity contribution is 5.99. The van der Waals surface area contributed by atoms with Crippen LogP contribution in [0.5, 0.6) is 0 Å². The molecule has 2 aromatic carbocycles. The molecule has 11 nitrogen and oxygen atoms in total. The second kappa shape index (κ2) is 10.6. The molecule has 11 heteroatoms. The quantitative estimate of drug-likeness (QED) is 0.254. The number of hydrogen-bond acceptors (Lipinski definition) is 8. The SMILES string of the molecule is COCCNc1ccc([N+](=O)[O-])cc1C(=O)OCC(=O)Nc1ccc2c(c1)CCN2C(C)=O. The molecule has 0 radical (unpaired) electrons. The first-order valence-electron chi connectivity index (χ1n) is 10.2. The molecule has 2 amide bonds. The van der Waals surface area contributed by atoms with Crippen LogP contribution in [0.4, 0.5) is 22.7 Å². The van der Waals surface area contributed by atoms with Gasteiger partial charge in [-0.3, -0.25) is 19.7 Å². The van der Waals surface area contributed by atoms with Crippen LogP contribution in [-0.4, -0.2) is 56.1 Å². The number of non-ortho nitro benzene ring substituents is 1. The van der Waals surface area contributed by atoms with E-state index in [1.165, 1.54) is 26.2 Å². The summed E-state index contributed by atoms with van der Waals surface area (Å²) in [5, 5.41) is 16.7. The fourth-order valence-corrected chi connectivity index (χ4v) is 3.47. The molecule has 33 heavy (non-hydrogen) atoms. The minimum atomic E-state index is -0.875. The van der Waals surface area contributed by atoms with E-state index in [0.717, 1.165) is 17.3 Å². The predicted octanol–water partition coefficient (Wildman–Crippen LogP) is 2.36. The largest absolute Gasteiger partial charge is 0.452 e. The van der Waals surface area contributed by atoms with Crippen LogP contribution in [0, 0.1) is 10.1 Å². The Balaban J connectivity index is 1.63. The number of hydrogen-bond donors (Lipinski definition) is 2. The Hall–Kier alpha value is -3.99. The molecule has 0 aromatic heterocycles. The van der Waals surface area contributed by atoms with Gasteiger partial charge in [-0.25, -0.2) is 4.79 Å². The van der Waals surface area contributed by atoms with Crippen LogP contribution in [0.15, 0.2) is 36.4 Å². The third-order valence-electron chi connectivity index (χ3n) is 5.03. The van der Waals surface area contributed by atoms with E-state index in [4.69, 9.17) is 9.47 Å². The Kier molecular flexibility index (Phi) is 7.57. The van der Waals surface area contributed by atoms with Gasteiger partial charge >= 0.3 is 5.97 Å². The monoisotopic (exact) mass is 456 g/mol.